The molecule has 2 amide bonds. The first-order valence-electron chi connectivity index (χ1n) is 6.92. The number of aliphatic carboxylic acids is 1. The number of carbonyl (C=O) groups excluding carboxylic acids is 1. The van der Waals surface area contributed by atoms with E-state index in [4.69, 9.17) is 5.11 Å². The zero-order valence-corrected chi connectivity index (χ0v) is 11.8. The average Bonchev–Trinajstić information content (AvgIpc) is 2.45. The van der Waals surface area contributed by atoms with Crippen molar-refractivity contribution in [3.8, 4) is 0 Å². The van der Waals surface area contributed by atoms with E-state index in [1.54, 1.807) is 0 Å². The smallest absolute Gasteiger partial charge is 0.314 e. The molecule has 1 aromatic rings. The van der Waals surface area contributed by atoms with E-state index >= 15 is 0 Å². The molecule has 1 aromatic carbocycles. The molecule has 0 aromatic heterocycles. The molecule has 1 rings (SSSR count). The van der Waals surface area contributed by atoms with Gasteiger partial charge >= 0.3 is 12.0 Å². The minimum absolute atomic E-state index is 0.0713. The van der Waals surface area contributed by atoms with Gasteiger partial charge in [-0.2, -0.15) is 0 Å². The number of hydrogen-bond acceptors (Lipinski definition) is 2. The highest BCUT2D eigenvalue weighted by Gasteiger charge is 2.10. The van der Waals surface area contributed by atoms with Gasteiger partial charge in [0.05, 0.1) is 0 Å². The predicted molar refractivity (Wildman–Crippen MR) is 77.7 cm³/mol. The SMILES string of the molecule is CCC(CNC(=O)NCCCC(=O)O)c1ccccc1. The molecule has 0 saturated heterocycles. The van der Waals surface area contributed by atoms with Crippen LogP contribution in [0.1, 0.15) is 37.7 Å². The number of benzene rings is 1. The lowest BCUT2D eigenvalue weighted by molar-refractivity contribution is -0.137. The van der Waals surface area contributed by atoms with E-state index in [0.29, 0.717) is 25.4 Å². The maximum Gasteiger partial charge on any atom is 0.314 e. The van der Waals surface area contributed by atoms with Gasteiger partial charge in [0.1, 0.15) is 0 Å². The van der Waals surface area contributed by atoms with E-state index in [1.165, 1.54) is 5.56 Å². The fourth-order valence-corrected chi connectivity index (χ4v) is 1.94. The van der Waals surface area contributed by atoms with Crippen LogP contribution in [0.15, 0.2) is 30.3 Å². The lowest BCUT2D eigenvalue weighted by Crippen LogP contribution is -2.38. The van der Waals surface area contributed by atoms with Crippen LogP contribution in [-0.4, -0.2) is 30.2 Å². The summed E-state index contributed by atoms with van der Waals surface area (Å²) in [7, 11) is 0. The molecule has 0 heterocycles. The predicted octanol–water partition coefficient (Wildman–Crippen LogP) is 2.34. The Morgan fingerprint density at radius 3 is 2.50 bits per heavy atom. The topological polar surface area (TPSA) is 78.4 Å². The Balaban J connectivity index is 2.27. The van der Waals surface area contributed by atoms with Crippen molar-refractivity contribution in [2.75, 3.05) is 13.1 Å². The molecule has 0 radical (unpaired) electrons. The van der Waals surface area contributed by atoms with E-state index in [-0.39, 0.29) is 12.5 Å². The standard InChI is InChI=1S/C15H22N2O3/c1-2-12(13-7-4-3-5-8-13)11-17-15(20)16-10-6-9-14(18)19/h3-5,7-8,12H,2,6,9-11H2,1H3,(H,18,19)(H2,16,17,20). The van der Waals surface area contributed by atoms with Gasteiger partial charge < -0.3 is 15.7 Å². The number of carboxylic acids is 1. The molecule has 0 aliphatic heterocycles. The number of nitrogens with one attached hydrogen (secondary N) is 2. The zero-order chi connectivity index (χ0) is 14.8. The van der Waals surface area contributed by atoms with E-state index in [0.717, 1.165) is 6.42 Å². The largest absolute Gasteiger partial charge is 0.481 e. The van der Waals surface area contributed by atoms with Crippen molar-refractivity contribution in [2.45, 2.75) is 32.1 Å². The molecule has 0 bridgehead atoms. The van der Waals surface area contributed by atoms with Gasteiger partial charge in [-0.25, -0.2) is 4.79 Å². The fraction of sp³-hybridized carbons (Fsp3) is 0.467. The monoisotopic (exact) mass is 278 g/mol. The van der Waals surface area contributed by atoms with Gasteiger partial charge in [-0.15, -0.1) is 0 Å². The quantitative estimate of drug-likeness (QED) is 0.639. The molecule has 0 aliphatic carbocycles. The van der Waals surface area contributed by atoms with Crippen molar-refractivity contribution in [1.82, 2.24) is 10.6 Å². The summed E-state index contributed by atoms with van der Waals surface area (Å²) in [5.41, 5.74) is 1.21. The van der Waals surface area contributed by atoms with Crippen LogP contribution in [0, 0.1) is 0 Å². The highest BCUT2D eigenvalue weighted by Crippen LogP contribution is 2.17. The Hall–Kier alpha value is -2.04. The van der Waals surface area contributed by atoms with Crippen molar-refractivity contribution in [2.24, 2.45) is 0 Å². The second-order valence-electron chi connectivity index (χ2n) is 4.65. The number of carbonyl (C=O) groups is 2. The third-order valence-corrected chi connectivity index (χ3v) is 3.13. The van der Waals surface area contributed by atoms with E-state index in [9.17, 15) is 9.59 Å². The second-order valence-corrected chi connectivity index (χ2v) is 4.65. The average molecular weight is 278 g/mol. The van der Waals surface area contributed by atoms with E-state index in [2.05, 4.69) is 29.7 Å². The third-order valence-electron chi connectivity index (χ3n) is 3.13. The zero-order valence-electron chi connectivity index (χ0n) is 11.8. The molecular formula is C15H22N2O3. The molecule has 110 valence electrons. The van der Waals surface area contributed by atoms with Crippen molar-refractivity contribution in [3.63, 3.8) is 0 Å². The summed E-state index contributed by atoms with van der Waals surface area (Å²) in [5.74, 6) is -0.552. The first kappa shape index (κ1) is 16.0. The molecule has 0 fully saturated rings. The number of amides is 2. The highest BCUT2D eigenvalue weighted by atomic mass is 16.4. The summed E-state index contributed by atoms with van der Waals surface area (Å²) in [5, 5.41) is 14.0. The van der Waals surface area contributed by atoms with Crippen molar-refractivity contribution in [3.05, 3.63) is 35.9 Å². The Labute approximate surface area is 119 Å². The maximum absolute atomic E-state index is 11.6. The fourth-order valence-electron chi connectivity index (χ4n) is 1.94. The lowest BCUT2D eigenvalue weighted by atomic mass is 9.97. The van der Waals surface area contributed by atoms with E-state index in [1.807, 2.05) is 18.2 Å². The summed E-state index contributed by atoms with van der Waals surface area (Å²) in [6, 6.07) is 9.82. The third kappa shape index (κ3) is 6.22. The minimum atomic E-state index is -0.845. The van der Waals surface area contributed by atoms with Crippen LogP contribution >= 0.6 is 0 Å². The summed E-state index contributed by atoms with van der Waals surface area (Å²) in [6.07, 6.45) is 1.46. The molecule has 0 aliphatic rings. The van der Waals surface area contributed by atoms with Crippen LogP contribution in [0.4, 0.5) is 4.79 Å². The minimum Gasteiger partial charge on any atom is -0.481 e. The summed E-state index contributed by atoms with van der Waals surface area (Å²) in [4.78, 5) is 21.9. The van der Waals surface area contributed by atoms with Gasteiger partial charge in [0, 0.05) is 25.4 Å². The van der Waals surface area contributed by atoms with Gasteiger partial charge in [-0.3, -0.25) is 4.79 Å². The van der Waals surface area contributed by atoms with Crippen molar-refractivity contribution >= 4 is 12.0 Å². The van der Waals surface area contributed by atoms with Crippen LogP contribution < -0.4 is 10.6 Å². The molecule has 1 unspecified atom stereocenters. The van der Waals surface area contributed by atoms with E-state index < -0.39 is 5.97 Å². The molecule has 0 saturated carbocycles. The first-order chi connectivity index (χ1) is 9.63. The number of rotatable bonds is 8. The van der Waals surface area contributed by atoms with Crippen LogP contribution in [0.5, 0.6) is 0 Å². The van der Waals surface area contributed by atoms with Crippen LogP contribution in [0.2, 0.25) is 0 Å². The maximum atomic E-state index is 11.6. The molecule has 5 heteroatoms. The molecule has 1 atom stereocenters. The van der Waals surface area contributed by atoms with Crippen molar-refractivity contribution in [1.29, 1.82) is 0 Å². The van der Waals surface area contributed by atoms with Gasteiger partial charge in [0.25, 0.3) is 0 Å². The summed E-state index contributed by atoms with van der Waals surface area (Å²) in [6.45, 7) is 3.04. The summed E-state index contributed by atoms with van der Waals surface area (Å²) >= 11 is 0. The number of carboxylic acid groups (broad SMARTS) is 1. The molecular weight excluding hydrogens is 256 g/mol. The van der Waals surface area contributed by atoms with Gasteiger partial charge in [0.15, 0.2) is 0 Å². The Bertz CT molecular complexity index is 420. The van der Waals surface area contributed by atoms with Gasteiger partial charge in [0.2, 0.25) is 0 Å². The molecule has 5 nitrogen and oxygen atoms in total. The van der Waals surface area contributed by atoms with Gasteiger partial charge in [-0.1, -0.05) is 37.3 Å². The first-order valence-corrected chi connectivity index (χ1v) is 6.92. The summed E-state index contributed by atoms with van der Waals surface area (Å²) < 4.78 is 0. The molecule has 3 N–H and O–H groups in total. The van der Waals surface area contributed by atoms with Crippen LogP contribution in [0.25, 0.3) is 0 Å². The number of urea groups is 1. The van der Waals surface area contributed by atoms with Crippen molar-refractivity contribution < 1.29 is 14.7 Å². The second kappa shape index (κ2) is 8.96. The Morgan fingerprint density at radius 2 is 1.90 bits per heavy atom. The van der Waals surface area contributed by atoms with Gasteiger partial charge in [-0.05, 0) is 18.4 Å². The Kier molecular flexibility index (Phi) is 7.17. The number of hydrogen-bond donors (Lipinski definition) is 3. The Morgan fingerprint density at radius 1 is 1.20 bits per heavy atom. The highest BCUT2D eigenvalue weighted by molar-refractivity contribution is 5.74. The molecule has 20 heavy (non-hydrogen) atoms. The normalized spacial score (nSPS) is 11.7. The molecule has 0 spiro atoms. The van der Waals surface area contributed by atoms with Crippen LogP contribution in [0.3, 0.4) is 0 Å². The van der Waals surface area contributed by atoms with Crippen LogP contribution in [-0.2, 0) is 4.79 Å². The lowest BCUT2D eigenvalue weighted by Gasteiger charge is -2.16.